The van der Waals surface area contributed by atoms with E-state index in [9.17, 15) is 22.8 Å². The van der Waals surface area contributed by atoms with Crippen LogP contribution in [0.15, 0.2) is 0 Å². The summed E-state index contributed by atoms with van der Waals surface area (Å²) in [6.45, 7) is 3.02. The molecule has 0 spiro atoms. The van der Waals surface area contributed by atoms with E-state index >= 15 is 0 Å². The number of nitrogens with one attached hydrogen (secondary N) is 1. The quantitative estimate of drug-likeness (QED) is 0.760. The van der Waals surface area contributed by atoms with Gasteiger partial charge in [0.05, 0.1) is 5.92 Å². The van der Waals surface area contributed by atoms with Gasteiger partial charge >= 0.3 is 18.1 Å². The Morgan fingerprint density at radius 2 is 1.71 bits per heavy atom. The SMILES string of the molecule is CCC(CC)C(CNC(=O)C(F)(F)F)C(=O)O. The summed E-state index contributed by atoms with van der Waals surface area (Å²) < 4.78 is 35.7. The lowest BCUT2D eigenvalue weighted by atomic mass is 9.88. The van der Waals surface area contributed by atoms with E-state index in [1.54, 1.807) is 19.2 Å². The van der Waals surface area contributed by atoms with E-state index in [-0.39, 0.29) is 5.92 Å². The van der Waals surface area contributed by atoms with Gasteiger partial charge in [0.15, 0.2) is 0 Å². The minimum atomic E-state index is -4.98. The largest absolute Gasteiger partial charge is 0.481 e. The van der Waals surface area contributed by atoms with Gasteiger partial charge in [-0.05, 0) is 5.92 Å². The fourth-order valence-corrected chi connectivity index (χ4v) is 1.62. The van der Waals surface area contributed by atoms with E-state index in [0.29, 0.717) is 12.8 Å². The molecule has 0 aromatic heterocycles. The van der Waals surface area contributed by atoms with Gasteiger partial charge in [0.1, 0.15) is 0 Å². The zero-order valence-electron chi connectivity index (χ0n) is 9.67. The fourth-order valence-electron chi connectivity index (χ4n) is 1.62. The van der Waals surface area contributed by atoms with Gasteiger partial charge in [0.25, 0.3) is 0 Å². The molecule has 4 nitrogen and oxygen atoms in total. The van der Waals surface area contributed by atoms with Crippen LogP contribution in [0, 0.1) is 11.8 Å². The molecular weight excluding hydrogens is 239 g/mol. The Balaban J connectivity index is 4.48. The lowest BCUT2D eigenvalue weighted by molar-refractivity contribution is -0.174. The number of carbonyl (C=O) groups excluding carboxylic acids is 1. The van der Waals surface area contributed by atoms with Crippen molar-refractivity contribution >= 4 is 11.9 Å². The van der Waals surface area contributed by atoms with Gasteiger partial charge in [-0.1, -0.05) is 26.7 Å². The third kappa shape index (κ3) is 5.06. The van der Waals surface area contributed by atoms with Crippen molar-refractivity contribution in [2.45, 2.75) is 32.9 Å². The van der Waals surface area contributed by atoms with Crippen molar-refractivity contribution in [3.05, 3.63) is 0 Å². The standard InChI is InChI=1S/C10H16F3NO3/c1-3-6(4-2)7(8(15)16)5-14-9(17)10(11,12)13/h6-7H,3-5H2,1-2H3,(H,14,17)(H,15,16). The second kappa shape index (κ2) is 6.46. The molecule has 0 saturated carbocycles. The minimum Gasteiger partial charge on any atom is -0.481 e. The number of alkyl halides is 3. The topological polar surface area (TPSA) is 66.4 Å². The molecule has 1 atom stereocenters. The van der Waals surface area contributed by atoms with E-state index in [2.05, 4.69) is 0 Å². The molecule has 2 N–H and O–H groups in total. The van der Waals surface area contributed by atoms with Gasteiger partial charge in [-0.25, -0.2) is 0 Å². The Hall–Kier alpha value is -1.27. The maximum atomic E-state index is 11.9. The van der Waals surface area contributed by atoms with Crippen LogP contribution in [0.3, 0.4) is 0 Å². The molecule has 0 aliphatic carbocycles. The lowest BCUT2D eigenvalue weighted by Gasteiger charge is -2.21. The van der Waals surface area contributed by atoms with Crippen LogP contribution >= 0.6 is 0 Å². The van der Waals surface area contributed by atoms with Gasteiger partial charge in [-0.2, -0.15) is 13.2 Å². The molecule has 0 aromatic carbocycles. The summed E-state index contributed by atoms with van der Waals surface area (Å²) in [6, 6.07) is 0. The number of aliphatic carboxylic acids is 1. The second-order valence-corrected chi connectivity index (χ2v) is 3.73. The first kappa shape index (κ1) is 15.7. The molecule has 0 aliphatic rings. The highest BCUT2D eigenvalue weighted by Crippen LogP contribution is 2.20. The summed E-state index contributed by atoms with van der Waals surface area (Å²) in [5.41, 5.74) is 0. The first-order chi connectivity index (χ1) is 7.73. The molecule has 0 heterocycles. The van der Waals surface area contributed by atoms with Gasteiger partial charge in [0.2, 0.25) is 0 Å². The average molecular weight is 255 g/mol. The van der Waals surface area contributed by atoms with Gasteiger partial charge < -0.3 is 10.4 Å². The molecule has 7 heteroatoms. The highest BCUT2D eigenvalue weighted by Gasteiger charge is 2.39. The monoisotopic (exact) mass is 255 g/mol. The van der Waals surface area contributed by atoms with Crippen LogP contribution in [0.5, 0.6) is 0 Å². The predicted octanol–water partition coefficient (Wildman–Crippen LogP) is 1.80. The normalized spacial score (nSPS) is 13.5. The molecule has 0 aliphatic heterocycles. The number of hydrogen-bond acceptors (Lipinski definition) is 2. The summed E-state index contributed by atoms with van der Waals surface area (Å²) in [6.07, 6.45) is -3.90. The van der Waals surface area contributed by atoms with Crippen LogP contribution in [0.25, 0.3) is 0 Å². The number of carboxylic acids is 1. The zero-order valence-corrected chi connectivity index (χ0v) is 9.67. The van der Waals surface area contributed by atoms with E-state index in [1.165, 1.54) is 0 Å². The summed E-state index contributed by atoms with van der Waals surface area (Å²) in [7, 11) is 0. The first-order valence-corrected chi connectivity index (χ1v) is 5.31. The van der Waals surface area contributed by atoms with Gasteiger partial charge in [-0.3, -0.25) is 9.59 Å². The number of carbonyl (C=O) groups is 2. The average Bonchev–Trinajstić information content (AvgIpc) is 2.21. The van der Waals surface area contributed by atoms with Crippen molar-refractivity contribution in [3.63, 3.8) is 0 Å². The molecule has 1 unspecified atom stereocenters. The zero-order chi connectivity index (χ0) is 13.6. The van der Waals surface area contributed by atoms with Crippen molar-refractivity contribution in [1.82, 2.24) is 5.32 Å². The molecule has 0 aromatic rings. The summed E-state index contributed by atoms with van der Waals surface area (Å²) in [5, 5.41) is 10.5. The second-order valence-electron chi connectivity index (χ2n) is 3.73. The summed E-state index contributed by atoms with van der Waals surface area (Å²) in [4.78, 5) is 21.5. The molecule has 17 heavy (non-hydrogen) atoms. The molecule has 1 amide bonds. The van der Waals surface area contributed by atoms with Crippen LogP contribution in [0.4, 0.5) is 13.2 Å². The third-order valence-corrected chi connectivity index (χ3v) is 2.67. The Labute approximate surface area is 97.2 Å². The number of amides is 1. The number of halogens is 3. The predicted molar refractivity (Wildman–Crippen MR) is 54.3 cm³/mol. The van der Waals surface area contributed by atoms with Gasteiger partial charge in [-0.15, -0.1) is 0 Å². The smallest absolute Gasteiger partial charge is 0.471 e. The third-order valence-electron chi connectivity index (χ3n) is 2.67. The molecule has 100 valence electrons. The van der Waals surface area contributed by atoms with E-state index in [4.69, 9.17) is 5.11 Å². The van der Waals surface area contributed by atoms with Crippen LogP contribution in [-0.2, 0) is 9.59 Å². The molecule has 0 fully saturated rings. The van der Waals surface area contributed by atoms with Crippen molar-refractivity contribution in [1.29, 1.82) is 0 Å². The Kier molecular flexibility index (Phi) is 5.98. The molecular formula is C10H16F3NO3. The van der Waals surface area contributed by atoms with E-state index in [0.717, 1.165) is 0 Å². The molecule has 0 saturated heterocycles. The summed E-state index contributed by atoms with van der Waals surface area (Å²) in [5.74, 6) is -4.53. The maximum Gasteiger partial charge on any atom is 0.471 e. The maximum absolute atomic E-state index is 11.9. The van der Waals surface area contributed by atoms with Crippen molar-refractivity contribution in [2.24, 2.45) is 11.8 Å². The minimum absolute atomic E-state index is 0.249. The Bertz CT molecular complexity index is 274. The number of rotatable bonds is 6. The molecule has 0 bridgehead atoms. The number of hydrogen-bond donors (Lipinski definition) is 2. The lowest BCUT2D eigenvalue weighted by Crippen LogP contribution is -2.42. The molecule has 0 rings (SSSR count). The highest BCUT2D eigenvalue weighted by molar-refractivity contribution is 5.82. The van der Waals surface area contributed by atoms with Crippen LogP contribution in [0.1, 0.15) is 26.7 Å². The van der Waals surface area contributed by atoms with Crippen molar-refractivity contribution in [3.8, 4) is 0 Å². The van der Waals surface area contributed by atoms with Crippen LogP contribution < -0.4 is 5.32 Å². The fraction of sp³-hybridized carbons (Fsp3) is 0.800. The highest BCUT2D eigenvalue weighted by atomic mass is 19.4. The van der Waals surface area contributed by atoms with Crippen LogP contribution in [0.2, 0.25) is 0 Å². The van der Waals surface area contributed by atoms with Gasteiger partial charge in [0, 0.05) is 6.54 Å². The van der Waals surface area contributed by atoms with E-state index in [1.807, 2.05) is 0 Å². The van der Waals surface area contributed by atoms with Crippen LogP contribution in [-0.4, -0.2) is 29.7 Å². The first-order valence-electron chi connectivity index (χ1n) is 5.31. The van der Waals surface area contributed by atoms with E-state index < -0.39 is 30.5 Å². The Morgan fingerprint density at radius 3 is 2.00 bits per heavy atom. The van der Waals surface area contributed by atoms with Crippen molar-refractivity contribution < 1.29 is 27.9 Å². The number of carboxylic acid groups (broad SMARTS) is 1. The molecule has 0 radical (unpaired) electrons. The Morgan fingerprint density at radius 1 is 1.24 bits per heavy atom. The van der Waals surface area contributed by atoms with Crippen molar-refractivity contribution in [2.75, 3.05) is 6.54 Å². The summed E-state index contributed by atoms with van der Waals surface area (Å²) >= 11 is 0.